The highest BCUT2D eigenvalue weighted by Crippen LogP contribution is 2.17. The summed E-state index contributed by atoms with van der Waals surface area (Å²) in [5, 5.41) is 7.64. The third kappa shape index (κ3) is 3.55. The number of halogens is 1. The topological polar surface area (TPSA) is 54.9 Å². The van der Waals surface area contributed by atoms with E-state index in [-0.39, 0.29) is 11.9 Å². The maximum Gasteiger partial charge on any atom is 0.265 e. The van der Waals surface area contributed by atoms with Gasteiger partial charge in [0.05, 0.1) is 5.69 Å². The van der Waals surface area contributed by atoms with Crippen LogP contribution in [-0.2, 0) is 12.8 Å². The summed E-state index contributed by atoms with van der Waals surface area (Å²) in [7, 11) is 0. The first-order valence-corrected chi connectivity index (χ1v) is 7.62. The van der Waals surface area contributed by atoms with Crippen LogP contribution < -0.4 is 5.32 Å². The van der Waals surface area contributed by atoms with E-state index in [9.17, 15) is 4.79 Å². The zero-order valence-corrected chi connectivity index (χ0v) is 13.0. The molecule has 20 heavy (non-hydrogen) atoms. The smallest absolute Gasteiger partial charge is 0.265 e. The normalized spacial score (nSPS) is 12.2. The first-order chi connectivity index (χ1) is 9.61. The quantitative estimate of drug-likeness (QED) is 0.923. The maximum absolute atomic E-state index is 12.2. The zero-order valence-electron chi connectivity index (χ0n) is 11.4. The van der Waals surface area contributed by atoms with E-state index >= 15 is 0 Å². The predicted molar refractivity (Wildman–Crippen MR) is 81.4 cm³/mol. The minimum absolute atomic E-state index is 0.00536. The Morgan fingerprint density at radius 1 is 1.45 bits per heavy atom. The van der Waals surface area contributed by atoms with Crippen molar-refractivity contribution in [3.05, 3.63) is 45.4 Å². The van der Waals surface area contributed by atoms with Crippen LogP contribution in [-0.4, -0.2) is 21.5 Å². The van der Waals surface area contributed by atoms with E-state index in [1.807, 2.05) is 38.1 Å². The van der Waals surface area contributed by atoms with E-state index in [1.165, 1.54) is 0 Å². The molecule has 1 heterocycles. The van der Waals surface area contributed by atoms with Crippen molar-refractivity contribution in [1.29, 1.82) is 0 Å². The molecule has 0 bridgehead atoms. The second-order valence-electron chi connectivity index (χ2n) is 4.57. The van der Waals surface area contributed by atoms with E-state index in [4.69, 9.17) is 11.6 Å². The van der Waals surface area contributed by atoms with E-state index in [0.29, 0.717) is 17.7 Å². The predicted octanol–water partition coefficient (Wildman–Crippen LogP) is 3.11. The lowest BCUT2D eigenvalue weighted by molar-refractivity contribution is 0.0943. The average molecular weight is 310 g/mol. The van der Waals surface area contributed by atoms with Crippen LogP contribution in [0, 0.1) is 0 Å². The van der Waals surface area contributed by atoms with Gasteiger partial charge >= 0.3 is 0 Å². The molecule has 0 aliphatic carbocycles. The van der Waals surface area contributed by atoms with E-state index in [2.05, 4.69) is 14.9 Å². The Morgan fingerprint density at radius 2 is 2.20 bits per heavy atom. The second-order valence-corrected chi connectivity index (χ2v) is 5.73. The molecule has 6 heteroatoms. The Hall–Kier alpha value is -1.46. The number of hydrogen-bond donors (Lipinski definition) is 1. The summed E-state index contributed by atoms with van der Waals surface area (Å²) in [5.41, 5.74) is 1.78. The number of benzene rings is 1. The van der Waals surface area contributed by atoms with Crippen molar-refractivity contribution in [3.8, 4) is 0 Å². The standard InChI is InChI=1S/C14H16ClN3OS/c1-3-12-13(20-18-17-12)14(19)16-9(2)8-10-6-4-5-7-11(10)15/h4-7,9H,3,8H2,1-2H3,(H,16,19). The number of aryl methyl sites for hydroxylation is 1. The largest absolute Gasteiger partial charge is 0.348 e. The number of rotatable bonds is 5. The van der Waals surface area contributed by atoms with Crippen molar-refractivity contribution >= 4 is 29.0 Å². The van der Waals surface area contributed by atoms with Crippen LogP contribution in [0.4, 0.5) is 0 Å². The lowest BCUT2D eigenvalue weighted by Crippen LogP contribution is -2.34. The van der Waals surface area contributed by atoms with Crippen LogP contribution in [0.2, 0.25) is 5.02 Å². The summed E-state index contributed by atoms with van der Waals surface area (Å²) in [6.45, 7) is 3.92. The Bertz CT molecular complexity index is 600. The summed E-state index contributed by atoms with van der Waals surface area (Å²) in [6.07, 6.45) is 1.40. The Morgan fingerprint density at radius 3 is 2.90 bits per heavy atom. The van der Waals surface area contributed by atoms with Crippen LogP contribution in [0.3, 0.4) is 0 Å². The van der Waals surface area contributed by atoms with Gasteiger partial charge in [0.15, 0.2) is 0 Å². The molecule has 0 saturated heterocycles. The molecule has 2 rings (SSSR count). The summed E-state index contributed by atoms with van der Waals surface area (Å²) in [4.78, 5) is 12.8. The fourth-order valence-corrected chi connectivity index (χ4v) is 2.81. The molecule has 0 radical (unpaired) electrons. The van der Waals surface area contributed by atoms with Crippen LogP contribution in [0.15, 0.2) is 24.3 Å². The van der Waals surface area contributed by atoms with Crippen molar-refractivity contribution in [3.63, 3.8) is 0 Å². The number of aromatic nitrogens is 2. The monoisotopic (exact) mass is 309 g/mol. The number of nitrogens with one attached hydrogen (secondary N) is 1. The fourth-order valence-electron chi connectivity index (χ4n) is 1.95. The molecule has 0 aliphatic heterocycles. The molecule has 1 aromatic carbocycles. The van der Waals surface area contributed by atoms with E-state index in [0.717, 1.165) is 27.8 Å². The molecule has 0 aliphatic rings. The first-order valence-electron chi connectivity index (χ1n) is 6.47. The highest BCUT2D eigenvalue weighted by atomic mass is 35.5. The molecule has 1 unspecified atom stereocenters. The third-order valence-electron chi connectivity index (χ3n) is 2.96. The highest BCUT2D eigenvalue weighted by Gasteiger charge is 2.17. The summed E-state index contributed by atoms with van der Waals surface area (Å²) >= 11 is 7.26. The highest BCUT2D eigenvalue weighted by molar-refractivity contribution is 7.08. The molecule has 2 aromatic rings. The van der Waals surface area contributed by atoms with Crippen molar-refractivity contribution in [2.24, 2.45) is 0 Å². The van der Waals surface area contributed by atoms with Crippen molar-refractivity contribution in [1.82, 2.24) is 14.9 Å². The summed E-state index contributed by atoms with van der Waals surface area (Å²) < 4.78 is 3.83. The molecule has 1 aromatic heterocycles. The van der Waals surface area contributed by atoms with Gasteiger partial charge in [0.1, 0.15) is 4.88 Å². The number of nitrogens with zero attached hydrogens (tertiary/aromatic N) is 2. The third-order valence-corrected chi connectivity index (χ3v) is 4.09. The molecular formula is C14H16ClN3OS. The molecule has 106 valence electrons. The number of hydrogen-bond acceptors (Lipinski definition) is 4. The van der Waals surface area contributed by atoms with Gasteiger partial charge in [-0.05, 0) is 42.9 Å². The molecule has 1 N–H and O–H groups in total. The van der Waals surface area contributed by atoms with Gasteiger partial charge in [0.2, 0.25) is 0 Å². The van der Waals surface area contributed by atoms with Gasteiger partial charge in [-0.2, -0.15) is 0 Å². The number of carbonyl (C=O) groups is 1. The lowest BCUT2D eigenvalue weighted by Gasteiger charge is -2.14. The molecular weight excluding hydrogens is 294 g/mol. The van der Waals surface area contributed by atoms with Gasteiger partial charge in [-0.15, -0.1) is 5.10 Å². The van der Waals surface area contributed by atoms with E-state index in [1.54, 1.807) is 0 Å². The minimum atomic E-state index is -0.114. The average Bonchev–Trinajstić information content (AvgIpc) is 2.89. The number of amides is 1. The molecule has 0 fully saturated rings. The van der Waals surface area contributed by atoms with Gasteiger partial charge in [-0.25, -0.2) is 0 Å². The van der Waals surface area contributed by atoms with Gasteiger partial charge < -0.3 is 5.32 Å². The fraction of sp³-hybridized carbons (Fsp3) is 0.357. The van der Waals surface area contributed by atoms with Gasteiger partial charge in [0, 0.05) is 11.1 Å². The molecule has 4 nitrogen and oxygen atoms in total. The van der Waals surface area contributed by atoms with Crippen LogP contribution >= 0.6 is 23.1 Å². The second kappa shape index (κ2) is 6.81. The van der Waals surface area contributed by atoms with Crippen molar-refractivity contribution in [2.45, 2.75) is 32.7 Å². The first kappa shape index (κ1) is 14.9. The molecule has 1 amide bonds. The molecule has 1 atom stereocenters. The summed E-state index contributed by atoms with van der Waals surface area (Å²) in [6, 6.07) is 7.66. The SMILES string of the molecule is CCc1nnsc1C(=O)NC(C)Cc1ccccc1Cl. The van der Waals surface area contributed by atoms with Crippen LogP contribution in [0.5, 0.6) is 0 Å². The molecule has 0 saturated carbocycles. The van der Waals surface area contributed by atoms with Crippen LogP contribution in [0.25, 0.3) is 0 Å². The Balaban J connectivity index is 2.00. The minimum Gasteiger partial charge on any atom is -0.348 e. The van der Waals surface area contributed by atoms with Crippen LogP contribution in [0.1, 0.15) is 34.8 Å². The number of carbonyl (C=O) groups excluding carboxylic acids is 1. The maximum atomic E-state index is 12.2. The summed E-state index contributed by atoms with van der Waals surface area (Å²) in [5.74, 6) is -0.114. The lowest BCUT2D eigenvalue weighted by atomic mass is 10.1. The van der Waals surface area contributed by atoms with Gasteiger partial charge in [-0.3, -0.25) is 4.79 Å². The van der Waals surface area contributed by atoms with Crippen molar-refractivity contribution in [2.75, 3.05) is 0 Å². The van der Waals surface area contributed by atoms with Gasteiger partial charge in [0.25, 0.3) is 5.91 Å². The van der Waals surface area contributed by atoms with Crippen molar-refractivity contribution < 1.29 is 4.79 Å². The Labute approximate surface area is 127 Å². The Kier molecular flexibility index (Phi) is 5.09. The molecule has 0 spiro atoms. The zero-order chi connectivity index (χ0) is 14.5. The van der Waals surface area contributed by atoms with E-state index < -0.39 is 0 Å². The van der Waals surface area contributed by atoms with Gasteiger partial charge in [-0.1, -0.05) is 41.2 Å².